The van der Waals surface area contributed by atoms with Gasteiger partial charge in [0.25, 0.3) is 0 Å². The molecule has 7 heteroatoms. The number of halogens is 3. The molecule has 0 aliphatic carbocycles. The molecule has 2 aromatic heterocycles. The van der Waals surface area contributed by atoms with Crippen LogP contribution in [0.15, 0.2) is 23.7 Å². The molecule has 18 heavy (non-hydrogen) atoms. The monoisotopic (exact) mass is 287 g/mol. The number of fused-ring (bicyclic) bond motifs is 3. The Balaban J connectivity index is 0.00000120. The predicted molar refractivity (Wildman–Crippen MR) is 69.9 cm³/mol. The molecule has 2 heterocycles. The van der Waals surface area contributed by atoms with Crippen LogP contribution in [0.5, 0.6) is 0 Å². The maximum absolute atomic E-state index is 13.4. The molecule has 0 saturated heterocycles. The molecule has 0 aliphatic rings. The first-order valence-corrected chi connectivity index (χ1v) is 5.72. The van der Waals surface area contributed by atoms with E-state index in [1.165, 1.54) is 11.5 Å². The summed E-state index contributed by atoms with van der Waals surface area (Å²) in [6.07, 6.45) is 0.929. The Morgan fingerprint density at radius 3 is 2.67 bits per heavy atom. The first-order chi connectivity index (χ1) is 8.18. The normalized spacial score (nSPS) is 10.6. The number of hydrogen-bond acceptors (Lipinski definition) is 2. The van der Waals surface area contributed by atoms with Gasteiger partial charge in [-0.25, -0.2) is 8.78 Å². The second-order valence-electron chi connectivity index (χ2n) is 3.60. The lowest BCUT2D eigenvalue weighted by atomic mass is 10.3. The zero-order valence-electron chi connectivity index (χ0n) is 8.88. The van der Waals surface area contributed by atoms with Gasteiger partial charge in [0.1, 0.15) is 0 Å². The number of hydrogen-bond donors (Lipinski definition) is 3. The molecule has 1 aromatic carbocycles. The minimum Gasteiger partial charge on any atom is -0.357 e. The number of rotatable bonds is 0. The van der Waals surface area contributed by atoms with Crippen LogP contribution in [0.4, 0.5) is 8.78 Å². The minimum absolute atomic E-state index is 0. The lowest BCUT2D eigenvalue weighted by Gasteiger charge is -1.88. The quantitative estimate of drug-likeness (QED) is 0.567. The zero-order chi connectivity index (χ0) is 12.0. The van der Waals surface area contributed by atoms with Crippen molar-refractivity contribution in [1.29, 1.82) is 5.41 Å². The van der Waals surface area contributed by atoms with Crippen molar-refractivity contribution in [3.63, 3.8) is 0 Å². The minimum atomic E-state index is -0.964. The van der Waals surface area contributed by atoms with Gasteiger partial charge in [-0.15, -0.1) is 12.4 Å². The highest BCUT2D eigenvalue weighted by Crippen LogP contribution is 2.21. The Bertz CT molecular complexity index is 803. The van der Waals surface area contributed by atoms with Gasteiger partial charge in [-0.1, -0.05) is 11.5 Å². The summed E-state index contributed by atoms with van der Waals surface area (Å²) >= 11 is 1.33. The summed E-state index contributed by atoms with van der Waals surface area (Å²) in [5, 5.41) is 11.1. The van der Waals surface area contributed by atoms with Crippen LogP contribution >= 0.6 is 23.9 Å². The van der Waals surface area contributed by atoms with E-state index in [2.05, 4.69) is 9.36 Å². The number of aromatic amines is 2. The summed E-state index contributed by atoms with van der Waals surface area (Å²) in [7, 11) is 0. The van der Waals surface area contributed by atoms with Gasteiger partial charge >= 0.3 is 0 Å². The molecule has 3 aromatic rings. The van der Waals surface area contributed by atoms with Gasteiger partial charge in [-0.3, -0.25) is 5.41 Å². The molecule has 94 valence electrons. The largest absolute Gasteiger partial charge is 0.357 e. The van der Waals surface area contributed by atoms with Crippen LogP contribution in [-0.4, -0.2) is 9.36 Å². The van der Waals surface area contributed by atoms with Gasteiger partial charge in [0.15, 0.2) is 11.6 Å². The first-order valence-electron chi connectivity index (χ1n) is 4.84. The van der Waals surface area contributed by atoms with Crippen molar-refractivity contribution in [2.24, 2.45) is 0 Å². The second-order valence-corrected chi connectivity index (χ2v) is 4.32. The highest BCUT2D eigenvalue weighted by atomic mass is 35.5. The number of aromatic nitrogens is 2. The highest BCUT2D eigenvalue weighted by molar-refractivity contribution is 7.03. The van der Waals surface area contributed by atoms with Crippen molar-refractivity contribution < 1.29 is 8.78 Å². The number of nitrogens with one attached hydrogen (secondary N) is 3. The predicted octanol–water partition coefficient (Wildman–Crippen LogP) is 3.45. The van der Waals surface area contributed by atoms with Gasteiger partial charge in [0.2, 0.25) is 0 Å². The molecule has 0 radical (unpaired) electrons. The summed E-state index contributed by atoms with van der Waals surface area (Å²) < 4.78 is 29.4. The van der Waals surface area contributed by atoms with Crippen LogP contribution in [0.1, 0.15) is 0 Å². The van der Waals surface area contributed by atoms with Crippen LogP contribution in [0.3, 0.4) is 0 Å². The van der Waals surface area contributed by atoms with E-state index in [9.17, 15) is 8.78 Å². The van der Waals surface area contributed by atoms with Crippen LogP contribution in [0.25, 0.3) is 21.8 Å². The standard InChI is InChI=1S/C11H7F2N3S.ClH/c12-7-3-6-10-5(1-2-17-16-10)9(14)11(6)15-4-8(7)13;/h1-4,14-16H;1H. The Labute approximate surface area is 110 Å². The summed E-state index contributed by atoms with van der Waals surface area (Å²) in [5.41, 5.74) is 1.06. The molecule has 3 N–H and O–H groups in total. The molecule has 0 amide bonds. The molecular weight excluding hydrogens is 280 g/mol. The summed E-state index contributed by atoms with van der Waals surface area (Å²) in [4.78, 5) is 2.63. The maximum atomic E-state index is 13.4. The van der Waals surface area contributed by atoms with Crippen molar-refractivity contribution >= 4 is 45.7 Å². The van der Waals surface area contributed by atoms with Crippen molar-refractivity contribution in [2.45, 2.75) is 0 Å². The average molecular weight is 288 g/mol. The first kappa shape index (κ1) is 12.8. The third kappa shape index (κ3) is 1.74. The van der Waals surface area contributed by atoms with Crippen LogP contribution < -0.4 is 5.36 Å². The van der Waals surface area contributed by atoms with Gasteiger partial charge in [-0.05, 0) is 12.1 Å². The third-order valence-corrected chi connectivity index (χ3v) is 3.23. The van der Waals surface area contributed by atoms with Crippen LogP contribution in [0, 0.1) is 17.0 Å². The highest BCUT2D eigenvalue weighted by Gasteiger charge is 2.09. The van der Waals surface area contributed by atoms with Gasteiger partial charge in [0, 0.05) is 22.3 Å². The summed E-state index contributed by atoms with van der Waals surface area (Å²) in [6, 6.07) is 2.88. The molecule has 0 unspecified atom stereocenters. The van der Waals surface area contributed by atoms with Gasteiger partial charge < -0.3 is 9.36 Å². The molecule has 0 spiro atoms. The van der Waals surface area contributed by atoms with E-state index in [1.807, 2.05) is 0 Å². The zero-order valence-corrected chi connectivity index (χ0v) is 10.5. The van der Waals surface area contributed by atoms with E-state index in [0.29, 0.717) is 21.8 Å². The lowest BCUT2D eigenvalue weighted by molar-refractivity contribution is 0.509. The molecule has 3 nitrogen and oxygen atoms in total. The van der Waals surface area contributed by atoms with Crippen molar-refractivity contribution in [1.82, 2.24) is 9.36 Å². The van der Waals surface area contributed by atoms with E-state index in [1.54, 1.807) is 11.4 Å². The SMILES string of the molecule is Cl.N=c1c2ccs[nH]c2c2cc(F)c(F)c[nH]c12. The molecule has 0 aliphatic heterocycles. The van der Waals surface area contributed by atoms with Crippen molar-refractivity contribution in [2.75, 3.05) is 0 Å². The van der Waals surface area contributed by atoms with E-state index < -0.39 is 11.6 Å². The van der Waals surface area contributed by atoms with Crippen LogP contribution in [0.2, 0.25) is 0 Å². The maximum Gasteiger partial charge on any atom is 0.174 e. The number of H-pyrrole nitrogens is 2. The summed E-state index contributed by atoms with van der Waals surface area (Å²) in [5.74, 6) is -1.90. The fourth-order valence-electron chi connectivity index (χ4n) is 1.83. The Hall–Kier alpha value is -1.66. The molecule has 0 atom stereocenters. The molecule has 0 bridgehead atoms. The average Bonchev–Trinajstić information content (AvgIpc) is 2.50. The van der Waals surface area contributed by atoms with Crippen molar-refractivity contribution in [3.8, 4) is 0 Å². The molecule has 3 rings (SSSR count). The van der Waals surface area contributed by atoms with Crippen molar-refractivity contribution in [3.05, 3.63) is 40.7 Å². The topological polar surface area (TPSA) is 55.4 Å². The smallest absolute Gasteiger partial charge is 0.174 e. The Kier molecular flexibility index (Phi) is 3.23. The van der Waals surface area contributed by atoms with E-state index in [0.717, 1.165) is 12.3 Å². The molecular formula is C11H8ClF2N3S. The fraction of sp³-hybridized carbons (Fsp3) is 0. The third-order valence-electron chi connectivity index (χ3n) is 2.63. The molecule has 0 fully saturated rings. The summed E-state index contributed by atoms with van der Waals surface area (Å²) in [6.45, 7) is 0. The lowest BCUT2D eigenvalue weighted by Crippen LogP contribution is -1.95. The van der Waals surface area contributed by atoms with E-state index >= 15 is 0 Å². The van der Waals surface area contributed by atoms with Crippen LogP contribution in [-0.2, 0) is 0 Å². The Morgan fingerprint density at radius 1 is 1.11 bits per heavy atom. The van der Waals surface area contributed by atoms with Gasteiger partial charge in [-0.2, -0.15) is 0 Å². The van der Waals surface area contributed by atoms with E-state index in [-0.39, 0.29) is 17.8 Å². The molecule has 0 saturated carbocycles. The van der Waals surface area contributed by atoms with E-state index in [4.69, 9.17) is 5.41 Å². The Morgan fingerprint density at radius 2 is 1.89 bits per heavy atom. The fourth-order valence-corrected chi connectivity index (χ4v) is 2.44. The second kappa shape index (κ2) is 4.55. The van der Waals surface area contributed by atoms with Gasteiger partial charge in [0.05, 0.1) is 16.4 Å².